The lowest BCUT2D eigenvalue weighted by Crippen LogP contribution is -2.41. The molecule has 0 radical (unpaired) electrons. The first-order valence-electron chi connectivity index (χ1n) is 7.84. The minimum atomic E-state index is -0.976. The molecule has 0 aromatic heterocycles. The fourth-order valence-corrected chi connectivity index (χ4v) is 2.93. The molecule has 1 amide bonds. The molecular weight excluding hydrogens is 290 g/mol. The second-order valence-corrected chi connectivity index (χ2v) is 6.07. The highest BCUT2D eigenvalue weighted by atomic mass is 16.5. The van der Waals surface area contributed by atoms with E-state index in [1.54, 1.807) is 0 Å². The molecule has 1 atom stereocenters. The van der Waals surface area contributed by atoms with E-state index in [-0.39, 0.29) is 19.1 Å². The summed E-state index contributed by atoms with van der Waals surface area (Å²) in [5.41, 5.74) is 2.24. The zero-order valence-corrected chi connectivity index (χ0v) is 13.2. The zero-order chi connectivity index (χ0) is 16.3. The summed E-state index contributed by atoms with van der Waals surface area (Å²) in [6, 6.07) is 15.4. The van der Waals surface area contributed by atoms with Crippen molar-refractivity contribution in [2.45, 2.75) is 25.4 Å². The van der Waals surface area contributed by atoms with Crippen LogP contribution in [0.15, 0.2) is 48.5 Å². The number of carbonyl (C=O) groups is 1. The Morgan fingerprint density at radius 2 is 1.96 bits per heavy atom. The van der Waals surface area contributed by atoms with E-state index in [1.165, 1.54) is 0 Å². The Morgan fingerprint density at radius 3 is 2.74 bits per heavy atom. The van der Waals surface area contributed by atoms with Crippen molar-refractivity contribution in [2.75, 3.05) is 13.2 Å². The molecule has 1 unspecified atom stereocenters. The minimum absolute atomic E-state index is 0.0548. The molecule has 0 aliphatic heterocycles. The van der Waals surface area contributed by atoms with Gasteiger partial charge in [0.2, 0.25) is 0 Å². The lowest BCUT2D eigenvalue weighted by Gasteiger charge is -2.24. The first kappa shape index (κ1) is 15.6. The third-order valence-electron chi connectivity index (χ3n) is 4.30. The Labute approximate surface area is 136 Å². The third kappa shape index (κ3) is 3.54. The number of aliphatic hydroxyl groups is 1. The second kappa shape index (κ2) is 6.42. The van der Waals surface area contributed by atoms with Crippen LogP contribution in [-0.2, 0) is 16.8 Å². The highest BCUT2D eigenvalue weighted by molar-refractivity contribution is 5.77. The van der Waals surface area contributed by atoms with Crippen molar-refractivity contribution in [3.05, 3.63) is 65.2 Å². The third-order valence-corrected chi connectivity index (χ3v) is 4.30. The van der Waals surface area contributed by atoms with Crippen molar-refractivity contribution in [3.63, 3.8) is 0 Å². The Bertz CT molecular complexity index is 696. The number of ether oxygens (including phenoxy) is 1. The van der Waals surface area contributed by atoms with Gasteiger partial charge in [-0.25, -0.2) is 0 Å². The molecule has 0 saturated heterocycles. The average Bonchev–Trinajstić information content (AvgIpc) is 2.91. The van der Waals surface area contributed by atoms with Gasteiger partial charge in [-0.15, -0.1) is 0 Å². The predicted molar refractivity (Wildman–Crippen MR) is 88.3 cm³/mol. The van der Waals surface area contributed by atoms with Gasteiger partial charge < -0.3 is 15.2 Å². The highest BCUT2D eigenvalue weighted by Gasteiger charge is 2.36. The Morgan fingerprint density at radius 1 is 1.22 bits per heavy atom. The number of rotatable bonds is 5. The summed E-state index contributed by atoms with van der Waals surface area (Å²) < 4.78 is 5.45. The van der Waals surface area contributed by atoms with Crippen molar-refractivity contribution < 1.29 is 14.6 Å². The number of carbonyl (C=O) groups excluding carboxylic acids is 1. The maximum absolute atomic E-state index is 11.9. The maximum Gasteiger partial charge on any atom is 0.258 e. The largest absolute Gasteiger partial charge is 0.484 e. The highest BCUT2D eigenvalue weighted by Crippen LogP contribution is 2.36. The van der Waals surface area contributed by atoms with Crippen LogP contribution in [0.5, 0.6) is 5.75 Å². The lowest BCUT2D eigenvalue weighted by molar-refractivity contribution is -0.124. The van der Waals surface area contributed by atoms with Gasteiger partial charge in [0.15, 0.2) is 6.61 Å². The molecule has 0 heterocycles. The van der Waals surface area contributed by atoms with Crippen LogP contribution in [0.1, 0.15) is 23.1 Å². The first-order valence-corrected chi connectivity index (χ1v) is 7.84. The molecule has 2 aromatic carbocycles. The molecule has 1 aliphatic rings. The van der Waals surface area contributed by atoms with Gasteiger partial charge >= 0.3 is 0 Å². The number of aryl methyl sites for hydroxylation is 2. The Balaban J connectivity index is 1.52. The number of benzene rings is 2. The zero-order valence-electron chi connectivity index (χ0n) is 13.2. The normalized spacial score (nSPS) is 19.2. The summed E-state index contributed by atoms with van der Waals surface area (Å²) in [5.74, 6) is 0.430. The summed E-state index contributed by atoms with van der Waals surface area (Å²) in [7, 11) is 0. The lowest BCUT2D eigenvalue weighted by atomic mass is 9.96. The fourth-order valence-electron chi connectivity index (χ4n) is 2.93. The first-order chi connectivity index (χ1) is 11.1. The van der Waals surface area contributed by atoms with E-state index < -0.39 is 5.60 Å². The standard InChI is InChI=1S/C19H21NO3/c1-14-6-8-16(9-7-14)23-12-18(21)20-13-19(22)11-10-15-4-2-3-5-17(15)19/h2-9,22H,10-13H2,1H3,(H,20,21). The molecule has 0 saturated carbocycles. The van der Waals surface area contributed by atoms with Crippen LogP contribution < -0.4 is 10.1 Å². The van der Waals surface area contributed by atoms with Gasteiger partial charge in [-0.3, -0.25) is 4.79 Å². The monoisotopic (exact) mass is 311 g/mol. The van der Waals surface area contributed by atoms with Crippen LogP contribution in [0, 0.1) is 6.92 Å². The molecule has 2 N–H and O–H groups in total. The second-order valence-electron chi connectivity index (χ2n) is 6.07. The number of amides is 1. The number of hydrogen-bond acceptors (Lipinski definition) is 3. The van der Waals surface area contributed by atoms with E-state index in [9.17, 15) is 9.90 Å². The van der Waals surface area contributed by atoms with Crippen LogP contribution >= 0.6 is 0 Å². The van der Waals surface area contributed by atoms with Crippen molar-refractivity contribution in [1.82, 2.24) is 5.32 Å². The fraction of sp³-hybridized carbons (Fsp3) is 0.316. The molecule has 1 aliphatic carbocycles. The summed E-state index contributed by atoms with van der Waals surface area (Å²) in [4.78, 5) is 11.9. The number of hydrogen-bond donors (Lipinski definition) is 2. The molecule has 120 valence electrons. The molecule has 4 nitrogen and oxygen atoms in total. The molecule has 2 aromatic rings. The Kier molecular flexibility index (Phi) is 4.35. The maximum atomic E-state index is 11.9. The van der Waals surface area contributed by atoms with Gasteiger partial charge in [0, 0.05) is 0 Å². The predicted octanol–water partition coefficient (Wildman–Crippen LogP) is 2.32. The van der Waals surface area contributed by atoms with E-state index in [4.69, 9.17) is 4.74 Å². The van der Waals surface area contributed by atoms with Crippen LogP contribution in [0.2, 0.25) is 0 Å². The van der Waals surface area contributed by atoms with Crippen LogP contribution in [0.3, 0.4) is 0 Å². The summed E-state index contributed by atoms with van der Waals surface area (Å²) in [6.07, 6.45) is 1.47. The van der Waals surface area contributed by atoms with E-state index in [0.29, 0.717) is 12.2 Å². The van der Waals surface area contributed by atoms with Gasteiger partial charge in [-0.05, 0) is 43.0 Å². The van der Waals surface area contributed by atoms with Crippen molar-refractivity contribution >= 4 is 5.91 Å². The SMILES string of the molecule is Cc1ccc(OCC(=O)NCC2(O)CCc3ccccc32)cc1. The van der Waals surface area contributed by atoms with Crippen LogP contribution in [-0.4, -0.2) is 24.2 Å². The van der Waals surface area contributed by atoms with Gasteiger partial charge in [0.25, 0.3) is 5.91 Å². The number of nitrogens with one attached hydrogen (secondary N) is 1. The van der Waals surface area contributed by atoms with Crippen molar-refractivity contribution in [2.24, 2.45) is 0 Å². The minimum Gasteiger partial charge on any atom is -0.484 e. The molecule has 23 heavy (non-hydrogen) atoms. The van der Waals surface area contributed by atoms with Crippen LogP contribution in [0.4, 0.5) is 0 Å². The van der Waals surface area contributed by atoms with Crippen molar-refractivity contribution in [3.8, 4) is 5.75 Å². The summed E-state index contributed by atoms with van der Waals surface area (Å²) in [6.45, 7) is 2.15. The topological polar surface area (TPSA) is 58.6 Å². The summed E-state index contributed by atoms with van der Waals surface area (Å²) in [5, 5.41) is 13.5. The number of fused-ring (bicyclic) bond motifs is 1. The summed E-state index contributed by atoms with van der Waals surface area (Å²) >= 11 is 0. The van der Waals surface area contributed by atoms with Crippen molar-refractivity contribution in [1.29, 1.82) is 0 Å². The van der Waals surface area contributed by atoms with E-state index in [2.05, 4.69) is 5.32 Å². The van der Waals surface area contributed by atoms with Gasteiger partial charge in [0.1, 0.15) is 11.4 Å². The quantitative estimate of drug-likeness (QED) is 0.891. The average molecular weight is 311 g/mol. The van der Waals surface area contributed by atoms with E-state index >= 15 is 0 Å². The van der Waals surface area contributed by atoms with Gasteiger partial charge in [0.05, 0.1) is 6.54 Å². The Hall–Kier alpha value is -2.33. The molecule has 0 bridgehead atoms. The molecular formula is C19H21NO3. The van der Waals surface area contributed by atoms with E-state index in [0.717, 1.165) is 23.1 Å². The van der Waals surface area contributed by atoms with E-state index in [1.807, 2.05) is 55.5 Å². The van der Waals surface area contributed by atoms with Crippen LogP contribution in [0.25, 0.3) is 0 Å². The smallest absolute Gasteiger partial charge is 0.258 e. The molecule has 0 spiro atoms. The van der Waals surface area contributed by atoms with Gasteiger partial charge in [-0.1, -0.05) is 42.0 Å². The molecule has 3 rings (SSSR count). The van der Waals surface area contributed by atoms with Gasteiger partial charge in [-0.2, -0.15) is 0 Å². The molecule has 0 fully saturated rings. The molecule has 4 heteroatoms.